The summed E-state index contributed by atoms with van der Waals surface area (Å²) in [5.41, 5.74) is 2.44. The van der Waals surface area contributed by atoms with E-state index in [1.54, 1.807) is 36.4 Å². The number of aromatic carboxylic acids is 1. The largest absolute Gasteiger partial charge is 0.478 e. The number of hydrogen-bond acceptors (Lipinski definition) is 4. The summed E-state index contributed by atoms with van der Waals surface area (Å²) in [5, 5.41) is 12.4. The Bertz CT molecular complexity index is 1080. The highest BCUT2D eigenvalue weighted by molar-refractivity contribution is 6.36. The number of carbonyl (C=O) groups excluding carboxylic acids is 1. The van der Waals surface area contributed by atoms with Crippen LogP contribution in [-0.2, 0) is 4.79 Å². The second-order valence-electron chi connectivity index (χ2n) is 5.67. The first-order chi connectivity index (χ1) is 12.5. The molecular weight excluding hydrogens is 356 g/mol. The van der Waals surface area contributed by atoms with E-state index in [0.717, 1.165) is 0 Å². The van der Waals surface area contributed by atoms with E-state index in [1.165, 1.54) is 18.5 Å². The number of carboxylic acids is 1. The number of nitrogens with one attached hydrogen (secondary N) is 1. The molecule has 2 N–H and O–H groups in total. The fraction of sp³-hybridized carbons (Fsp3) is 0. The highest BCUT2D eigenvalue weighted by Gasteiger charge is 2.24. The average molecular weight is 367 g/mol. The number of benzene rings is 1. The van der Waals surface area contributed by atoms with Crippen molar-refractivity contribution in [3.63, 3.8) is 0 Å². The molecule has 1 aliphatic heterocycles. The standard InChI is InChI=1S/C19H11ClN2O4/c20-12-1-3-16-14(6-12)15(18(23)22-16)7-13-2-4-17(26-13)10-5-11(19(24)25)9-21-8-10/h1-9H,(H,22,23)(H,24,25)/b15-7-. The second kappa shape index (κ2) is 6.16. The monoisotopic (exact) mass is 366 g/mol. The Kier molecular flexibility index (Phi) is 3.82. The highest BCUT2D eigenvalue weighted by Crippen LogP contribution is 2.35. The molecule has 6 nitrogen and oxygen atoms in total. The molecule has 0 atom stereocenters. The van der Waals surface area contributed by atoms with Crippen LogP contribution in [0, 0.1) is 0 Å². The molecule has 4 rings (SSSR count). The van der Waals surface area contributed by atoms with Crippen molar-refractivity contribution in [2.24, 2.45) is 0 Å². The molecule has 0 saturated heterocycles. The van der Waals surface area contributed by atoms with E-state index in [4.69, 9.17) is 21.1 Å². The number of anilines is 1. The number of fused-ring (bicyclic) bond motifs is 1. The van der Waals surface area contributed by atoms with Crippen LogP contribution in [0.1, 0.15) is 21.7 Å². The van der Waals surface area contributed by atoms with Gasteiger partial charge in [-0.05, 0) is 42.5 Å². The number of rotatable bonds is 3. The fourth-order valence-corrected chi connectivity index (χ4v) is 2.90. The Morgan fingerprint density at radius 2 is 2.04 bits per heavy atom. The van der Waals surface area contributed by atoms with Crippen LogP contribution < -0.4 is 5.32 Å². The Morgan fingerprint density at radius 3 is 2.85 bits per heavy atom. The Hall–Kier alpha value is -3.38. The molecule has 3 heterocycles. The van der Waals surface area contributed by atoms with Crippen LogP contribution in [0.5, 0.6) is 0 Å². The first-order valence-electron chi connectivity index (χ1n) is 7.63. The van der Waals surface area contributed by atoms with Gasteiger partial charge in [0.1, 0.15) is 11.5 Å². The second-order valence-corrected chi connectivity index (χ2v) is 6.11. The van der Waals surface area contributed by atoms with E-state index in [-0.39, 0.29) is 11.5 Å². The van der Waals surface area contributed by atoms with Crippen LogP contribution in [-0.4, -0.2) is 22.0 Å². The van der Waals surface area contributed by atoms with Crippen molar-refractivity contribution in [1.29, 1.82) is 0 Å². The zero-order valence-corrected chi connectivity index (χ0v) is 13.9. The maximum absolute atomic E-state index is 12.2. The molecule has 0 fully saturated rings. The number of carboxylic acid groups (broad SMARTS) is 1. The summed E-state index contributed by atoms with van der Waals surface area (Å²) < 4.78 is 5.74. The van der Waals surface area contributed by atoms with E-state index in [1.807, 2.05) is 0 Å². The van der Waals surface area contributed by atoms with Gasteiger partial charge in [-0.1, -0.05) is 11.6 Å². The molecule has 1 aromatic carbocycles. The molecule has 26 heavy (non-hydrogen) atoms. The normalized spacial score (nSPS) is 14.3. The third kappa shape index (κ3) is 2.87. The van der Waals surface area contributed by atoms with Crippen LogP contribution in [0.3, 0.4) is 0 Å². The minimum Gasteiger partial charge on any atom is -0.478 e. The first-order valence-corrected chi connectivity index (χ1v) is 8.00. The van der Waals surface area contributed by atoms with E-state index in [2.05, 4.69) is 10.3 Å². The lowest BCUT2D eigenvalue weighted by atomic mass is 10.1. The topological polar surface area (TPSA) is 92.4 Å². The number of aromatic nitrogens is 1. The number of amides is 1. The number of nitrogens with zero attached hydrogens (tertiary/aromatic N) is 1. The molecule has 0 unspecified atom stereocenters. The summed E-state index contributed by atoms with van der Waals surface area (Å²) in [6.45, 7) is 0. The van der Waals surface area contributed by atoms with Crippen molar-refractivity contribution < 1.29 is 19.1 Å². The van der Waals surface area contributed by atoms with Crippen LogP contribution in [0.15, 0.2) is 53.2 Å². The summed E-state index contributed by atoms with van der Waals surface area (Å²) in [5.74, 6) is -0.394. The third-order valence-electron chi connectivity index (χ3n) is 3.95. The lowest BCUT2D eigenvalue weighted by Gasteiger charge is -1.99. The van der Waals surface area contributed by atoms with Crippen LogP contribution >= 0.6 is 11.6 Å². The average Bonchev–Trinajstić information content (AvgIpc) is 3.21. The number of carbonyl (C=O) groups is 2. The molecule has 7 heteroatoms. The molecule has 0 saturated carbocycles. The maximum atomic E-state index is 12.2. The van der Waals surface area contributed by atoms with Gasteiger partial charge in [0.25, 0.3) is 5.91 Å². The smallest absolute Gasteiger partial charge is 0.337 e. The molecule has 0 radical (unpaired) electrons. The molecule has 3 aromatic rings. The summed E-state index contributed by atoms with van der Waals surface area (Å²) in [4.78, 5) is 27.2. The van der Waals surface area contributed by atoms with Gasteiger partial charge in [-0.25, -0.2) is 4.79 Å². The lowest BCUT2D eigenvalue weighted by Crippen LogP contribution is -2.03. The number of hydrogen-bond donors (Lipinski definition) is 2. The van der Waals surface area contributed by atoms with Gasteiger partial charge in [0.2, 0.25) is 0 Å². The van der Waals surface area contributed by atoms with Gasteiger partial charge in [0.15, 0.2) is 0 Å². The molecule has 0 spiro atoms. The SMILES string of the molecule is O=C1Nc2ccc(Cl)cc2/C1=C/c1ccc(-c2cncc(C(=O)O)c2)o1. The van der Waals surface area contributed by atoms with Gasteiger partial charge in [0.05, 0.1) is 11.1 Å². The van der Waals surface area contributed by atoms with Gasteiger partial charge >= 0.3 is 5.97 Å². The van der Waals surface area contributed by atoms with E-state index < -0.39 is 5.97 Å². The number of halogens is 1. The van der Waals surface area contributed by atoms with Gasteiger partial charge in [-0.15, -0.1) is 0 Å². The van der Waals surface area contributed by atoms with Crippen molar-refractivity contribution in [1.82, 2.24) is 4.98 Å². The lowest BCUT2D eigenvalue weighted by molar-refractivity contribution is -0.110. The van der Waals surface area contributed by atoms with Gasteiger partial charge in [0, 0.05) is 34.2 Å². The van der Waals surface area contributed by atoms with Crippen LogP contribution in [0.4, 0.5) is 5.69 Å². The zero-order valence-electron chi connectivity index (χ0n) is 13.2. The molecule has 2 aromatic heterocycles. The van der Waals surface area contributed by atoms with E-state index in [9.17, 15) is 9.59 Å². The zero-order chi connectivity index (χ0) is 18.3. The van der Waals surface area contributed by atoms with Crippen molar-refractivity contribution in [2.45, 2.75) is 0 Å². The summed E-state index contributed by atoms with van der Waals surface area (Å²) in [7, 11) is 0. The van der Waals surface area contributed by atoms with Crippen molar-refractivity contribution in [2.75, 3.05) is 5.32 Å². The molecule has 0 bridgehead atoms. The molecule has 1 aliphatic rings. The first kappa shape index (κ1) is 16.1. The van der Waals surface area contributed by atoms with Crippen LogP contribution in [0.2, 0.25) is 5.02 Å². The Labute approximate surface area is 152 Å². The molecule has 0 aliphatic carbocycles. The summed E-state index contributed by atoms with van der Waals surface area (Å²) >= 11 is 6.02. The van der Waals surface area contributed by atoms with Crippen LogP contribution in [0.25, 0.3) is 23.0 Å². The maximum Gasteiger partial charge on any atom is 0.337 e. The predicted octanol–water partition coefficient (Wildman–Crippen LogP) is 4.19. The molecule has 128 valence electrons. The third-order valence-corrected chi connectivity index (χ3v) is 4.18. The van der Waals surface area contributed by atoms with Crippen molar-refractivity contribution in [3.8, 4) is 11.3 Å². The van der Waals surface area contributed by atoms with Crippen molar-refractivity contribution >= 4 is 40.8 Å². The molecular formula is C19H11ClN2O4. The number of furan rings is 1. The van der Waals surface area contributed by atoms with Gasteiger partial charge in [-0.3, -0.25) is 9.78 Å². The predicted molar refractivity (Wildman–Crippen MR) is 96.9 cm³/mol. The Morgan fingerprint density at radius 1 is 1.19 bits per heavy atom. The van der Waals surface area contributed by atoms with E-state index >= 15 is 0 Å². The summed E-state index contributed by atoms with van der Waals surface area (Å²) in [6, 6.07) is 10.0. The minimum absolute atomic E-state index is 0.0672. The van der Waals surface area contributed by atoms with Gasteiger partial charge < -0.3 is 14.8 Å². The summed E-state index contributed by atoms with van der Waals surface area (Å²) in [6.07, 6.45) is 4.40. The van der Waals surface area contributed by atoms with E-state index in [0.29, 0.717) is 38.9 Å². The number of pyridine rings is 1. The van der Waals surface area contributed by atoms with Crippen molar-refractivity contribution in [3.05, 3.63) is 70.7 Å². The molecule has 1 amide bonds. The Balaban J connectivity index is 1.71. The van der Waals surface area contributed by atoms with Gasteiger partial charge in [-0.2, -0.15) is 0 Å². The highest BCUT2D eigenvalue weighted by atomic mass is 35.5. The fourth-order valence-electron chi connectivity index (χ4n) is 2.72. The quantitative estimate of drug-likeness (QED) is 0.678. The minimum atomic E-state index is -1.07.